The van der Waals surface area contributed by atoms with Crippen molar-refractivity contribution in [3.8, 4) is 5.75 Å². The second-order valence-corrected chi connectivity index (χ2v) is 6.50. The number of hydrogen-bond acceptors (Lipinski definition) is 3. The van der Waals surface area contributed by atoms with E-state index in [1.54, 1.807) is 12.1 Å². The minimum atomic E-state index is -2.81. The lowest BCUT2D eigenvalue weighted by molar-refractivity contribution is -0.122. The summed E-state index contributed by atoms with van der Waals surface area (Å²) in [7, 11) is 1.86. The van der Waals surface area contributed by atoms with Gasteiger partial charge in [0.15, 0.2) is 0 Å². The third-order valence-corrected chi connectivity index (χ3v) is 4.33. The lowest BCUT2D eigenvalue weighted by Gasteiger charge is -2.22. The van der Waals surface area contributed by atoms with Crippen molar-refractivity contribution in [2.75, 3.05) is 20.1 Å². The van der Waals surface area contributed by atoms with Crippen LogP contribution in [0, 0.1) is 5.92 Å². The molecule has 6 heteroatoms. The highest BCUT2D eigenvalue weighted by atomic mass is 19.3. The quantitative estimate of drug-likeness (QED) is 0.788. The van der Waals surface area contributed by atoms with Crippen LogP contribution in [0.1, 0.15) is 37.7 Å². The van der Waals surface area contributed by atoms with Gasteiger partial charge in [-0.3, -0.25) is 9.69 Å². The van der Waals surface area contributed by atoms with Gasteiger partial charge in [0.05, 0.1) is 6.54 Å². The summed E-state index contributed by atoms with van der Waals surface area (Å²) < 4.78 is 28.5. The largest absolute Gasteiger partial charge is 0.435 e. The summed E-state index contributed by atoms with van der Waals surface area (Å²) >= 11 is 0. The first-order valence-corrected chi connectivity index (χ1v) is 8.52. The lowest BCUT2D eigenvalue weighted by Crippen LogP contribution is -2.37. The van der Waals surface area contributed by atoms with Crippen LogP contribution in [0.4, 0.5) is 8.78 Å². The number of carbonyl (C=O) groups excluding carboxylic acids is 1. The van der Waals surface area contributed by atoms with Gasteiger partial charge in [-0.25, -0.2) is 0 Å². The number of halogens is 2. The standard InChI is InChI=1S/C18H26F2N2O2/c1-22(12-15-7-9-16(10-8-15)24-18(19)20)13-17(23)21-11-14-5-3-2-4-6-14/h7-10,14,18H,2-6,11-13H2,1H3,(H,21,23). The van der Waals surface area contributed by atoms with E-state index in [0.29, 0.717) is 19.0 Å². The van der Waals surface area contributed by atoms with E-state index in [9.17, 15) is 13.6 Å². The highest BCUT2D eigenvalue weighted by molar-refractivity contribution is 5.77. The molecule has 0 spiro atoms. The molecule has 1 N–H and O–H groups in total. The van der Waals surface area contributed by atoms with E-state index in [1.165, 1.54) is 44.2 Å². The van der Waals surface area contributed by atoms with Gasteiger partial charge in [-0.2, -0.15) is 8.78 Å². The van der Waals surface area contributed by atoms with Crippen LogP contribution in [-0.2, 0) is 11.3 Å². The van der Waals surface area contributed by atoms with Gasteiger partial charge in [0.1, 0.15) is 5.75 Å². The molecular weight excluding hydrogens is 314 g/mol. The Morgan fingerprint density at radius 2 is 1.92 bits per heavy atom. The first-order valence-electron chi connectivity index (χ1n) is 8.52. The molecule has 1 amide bonds. The van der Waals surface area contributed by atoms with Gasteiger partial charge in [-0.05, 0) is 43.5 Å². The molecule has 1 aliphatic carbocycles. The van der Waals surface area contributed by atoms with Crippen molar-refractivity contribution in [1.82, 2.24) is 10.2 Å². The van der Waals surface area contributed by atoms with E-state index in [4.69, 9.17) is 0 Å². The minimum absolute atomic E-state index is 0.0285. The minimum Gasteiger partial charge on any atom is -0.435 e. The van der Waals surface area contributed by atoms with E-state index in [2.05, 4.69) is 10.1 Å². The van der Waals surface area contributed by atoms with Crippen molar-refractivity contribution in [3.63, 3.8) is 0 Å². The average molecular weight is 340 g/mol. The third-order valence-electron chi connectivity index (χ3n) is 4.33. The Morgan fingerprint density at radius 1 is 1.25 bits per heavy atom. The molecule has 0 radical (unpaired) electrons. The fourth-order valence-electron chi connectivity index (χ4n) is 3.09. The van der Waals surface area contributed by atoms with Crippen LogP contribution in [0.5, 0.6) is 5.75 Å². The summed E-state index contributed by atoms with van der Waals surface area (Å²) in [5.74, 6) is 0.790. The van der Waals surface area contributed by atoms with Gasteiger partial charge >= 0.3 is 6.61 Å². The Hall–Kier alpha value is -1.69. The monoisotopic (exact) mass is 340 g/mol. The van der Waals surface area contributed by atoms with Crippen molar-refractivity contribution in [2.24, 2.45) is 5.92 Å². The van der Waals surface area contributed by atoms with Crippen molar-refractivity contribution in [1.29, 1.82) is 0 Å². The van der Waals surface area contributed by atoms with Gasteiger partial charge in [-0.15, -0.1) is 0 Å². The molecule has 0 aliphatic heterocycles. The molecule has 24 heavy (non-hydrogen) atoms. The molecule has 1 fully saturated rings. The fraction of sp³-hybridized carbons (Fsp3) is 0.611. The first kappa shape index (κ1) is 18.6. The van der Waals surface area contributed by atoms with Crippen molar-refractivity contribution in [3.05, 3.63) is 29.8 Å². The molecule has 0 aromatic heterocycles. The first-order chi connectivity index (χ1) is 11.5. The number of hydrogen-bond donors (Lipinski definition) is 1. The molecule has 1 saturated carbocycles. The van der Waals surface area contributed by atoms with Crippen LogP contribution < -0.4 is 10.1 Å². The molecular formula is C18H26F2N2O2. The highest BCUT2D eigenvalue weighted by Gasteiger charge is 2.15. The summed E-state index contributed by atoms with van der Waals surface area (Å²) in [6.07, 6.45) is 6.28. The second kappa shape index (κ2) is 9.57. The van der Waals surface area contributed by atoms with Gasteiger partial charge < -0.3 is 10.1 Å². The topological polar surface area (TPSA) is 41.6 Å². The zero-order valence-corrected chi connectivity index (χ0v) is 14.1. The molecule has 0 saturated heterocycles. The van der Waals surface area contributed by atoms with Crippen LogP contribution >= 0.6 is 0 Å². The summed E-state index contributed by atoms with van der Waals surface area (Å²) in [6, 6.07) is 6.49. The molecule has 2 rings (SSSR count). The van der Waals surface area contributed by atoms with Crippen LogP contribution in [0.25, 0.3) is 0 Å². The van der Waals surface area contributed by atoms with Crippen molar-refractivity contribution < 1.29 is 18.3 Å². The van der Waals surface area contributed by atoms with Crippen LogP contribution in [-0.4, -0.2) is 37.6 Å². The second-order valence-electron chi connectivity index (χ2n) is 6.50. The highest BCUT2D eigenvalue weighted by Crippen LogP contribution is 2.22. The molecule has 134 valence electrons. The van der Waals surface area contributed by atoms with Gasteiger partial charge in [0.25, 0.3) is 0 Å². The van der Waals surface area contributed by atoms with Crippen molar-refractivity contribution in [2.45, 2.75) is 45.3 Å². The van der Waals surface area contributed by atoms with Gasteiger partial charge in [0, 0.05) is 13.1 Å². The van der Waals surface area contributed by atoms with Crippen molar-refractivity contribution >= 4 is 5.91 Å². The van der Waals surface area contributed by atoms with E-state index in [1.807, 2.05) is 11.9 Å². The molecule has 0 bridgehead atoms. The molecule has 0 heterocycles. The van der Waals surface area contributed by atoms with E-state index in [-0.39, 0.29) is 11.7 Å². The Kier molecular flexibility index (Phi) is 7.43. The zero-order valence-electron chi connectivity index (χ0n) is 14.1. The number of likely N-dealkylation sites (N-methyl/N-ethyl adjacent to an activating group) is 1. The summed E-state index contributed by atoms with van der Waals surface area (Å²) in [5.41, 5.74) is 0.944. The maximum Gasteiger partial charge on any atom is 0.387 e. The molecule has 1 aromatic rings. The lowest BCUT2D eigenvalue weighted by atomic mass is 9.89. The number of nitrogens with one attached hydrogen (secondary N) is 1. The van der Waals surface area contributed by atoms with E-state index in [0.717, 1.165) is 12.1 Å². The Bertz CT molecular complexity index is 502. The number of amides is 1. The predicted molar refractivity (Wildman–Crippen MR) is 89.0 cm³/mol. The summed E-state index contributed by atoms with van der Waals surface area (Å²) in [4.78, 5) is 13.9. The average Bonchev–Trinajstić information content (AvgIpc) is 2.55. The smallest absolute Gasteiger partial charge is 0.387 e. The normalized spacial score (nSPS) is 15.7. The van der Waals surface area contributed by atoms with Gasteiger partial charge in [0.2, 0.25) is 5.91 Å². The predicted octanol–water partition coefficient (Wildman–Crippen LogP) is 3.42. The fourth-order valence-corrected chi connectivity index (χ4v) is 3.09. The van der Waals surface area contributed by atoms with E-state index < -0.39 is 6.61 Å². The number of rotatable bonds is 8. The zero-order chi connectivity index (χ0) is 17.4. The molecule has 0 atom stereocenters. The van der Waals surface area contributed by atoms with E-state index >= 15 is 0 Å². The Labute approximate surface area is 142 Å². The SMILES string of the molecule is CN(CC(=O)NCC1CCCCC1)Cc1ccc(OC(F)F)cc1. The van der Waals surface area contributed by atoms with Gasteiger partial charge in [-0.1, -0.05) is 31.4 Å². The summed E-state index contributed by atoms with van der Waals surface area (Å²) in [5, 5.41) is 3.02. The number of alkyl halides is 2. The van der Waals surface area contributed by atoms with Crippen LogP contribution in [0.15, 0.2) is 24.3 Å². The Balaban J connectivity index is 1.69. The Morgan fingerprint density at radius 3 is 2.54 bits per heavy atom. The molecule has 1 aromatic carbocycles. The molecule has 1 aliphatic rings. The number of benzene rings is 1. The van der Waals surface area contributed by atoms with Crippen LogP contribution in [0.2, 0.25) is 0 Å². The maximum absolute atomic E-state index is 12.1. The molecule has 4 nitrogen and oxygen atoms in total. The third kappa shape index (κ3) is 6.83. The molecule has 0 unspecified atom stereocenters. The maximum atomic E-state index is 12.1. The number of ether oxygens (including phenoxy) is 1. The van der Waals surface area contributed by atoms with Crippen LogP contribution in [0.3, 0.4) is 0 Å². The number of carbonyl (C=O) groups is 1. The number of nitrogens with zero attached hydrogens (tertiary/aromatic N) is 1. The summed E-state index contributed by atoms with van der Waals surface area (Å²) in [6.45, 7) is -1.15.